The van der Waals surface area contributed by atoms with E-state index in [1.54, 1.807) is 13.0 Å². The van der Waals surface area contributed by atoms with Gasteiger partial charge in [-0.1, -0.05) is 0 Å². The molecule has 0 aliphatic heterocycles. The molecule has 7 nitrogen and oxygen atoms in total. The first-order valence-corrected chi connectivity index (χ1v) is 8.74. The Kier molecular flexibility index (Phi) is 3.76. The molecule has 0 spiro atoms. The van der Waals surface area contributed by atoms with Crippen molar-refractivity contribution in [3.63, 3.8) is 0 Å². The number of benzene rings is 1. The number of carboxylic acids is 1. The number of furan rings is 1. The van der Waals surface area contributed by atoms with Crippen molar-refractivity contribution in [3.8, 4) is 11.6 Å². The van der Waals surface area contributed by atoms with Crippen LogP contribution < -0.4 is 4.74 Å². The van der Waals surface area contributed by atoms with Gasteiger partial charge >= 0.3 is 5.97 Å². The largest absolute Gasteiger partial charge is 0.478 e. The Morgan fingerprint density at radius 1 is 1.25 bits per heavy atom. The van der Waals surface area contributed by atoms with E-state index in [4.69, 9.17) is 9.15 Å². The number of aromatic carboxylic acids is 1. The second-order valence-electron chi connectivity index (χ2n) is 5.25. The van der Waals surface area contributed by atoms with E-state index in [0.29, 0.717) is 16.7 Å². The minimum atomic E-state index is -3.35. The van der Waals surface area contributed by atoms with E-state index in [2.05, 4.69) is 4.98 Å². The van der Waals surface area contributed by atoms with Crippen LogP contribution in [0.15, 0.2) is 45.8 Å². The maximum atomic E-state index is 11.4. The molecule has 0 amide bonds. The number of fused-ring (bicyclic) bond motifs is 1. The summed E-state index contributed by atoms with van der Waals surface area (Å²) in [5.41, 5.74) is 0.398. The van der Waals surface area contributed by atoms with Crippen molar-refractivity contribution in [2.24, 2.45) is 0 Å². The zero-order valence-electron chi connectivity index (χ0n) is 12.8. The van der Waals surface area contributed by atoms with Crippen LogP contribution in [0.1, 0.15) is 16.1 Å². The Hall–Kier alpha value is -2.87. The second-order valence-corrected chi connectivity index (χ2v) is 7.27. The third-order valence-corrected chi connectivity index (χ3v) is 4.42. The molecule has 3 aromatic rings. The van der Waals surface area contributed by atoms with Crippen LogP contribution in [0.5, 0.6) is 11.6 Å². The predicted molar refractivity (Wildman–Crippen MR) is 85.3 cm³/mol. The summed E-state index contributed by atoms with van der Waals surface area (Å²) in [7, 11) is -3.35. The number of hydrogen-bond donors (Lipinski definition) is 1. The van der Waals surface area contributed by atoms with Crippen molar-refractivity contribution < 1.29 is 27.5 Å². The van der Waals surface area contributed by atoms with Gasteiger partial charge in [0.1, 0.15) is 17.1 Å². The van der Waals surface area contributed by atoms with Gasteiger partial charge in [-0.2, -0.15) is 0 Å². The number of carbonyl (C=O) groups is 1. The van der Waals surface area contributed by atoms with E-state index in [9.17, 15) is 18.3 Å². The topological polar surface area (TPSA) is 107 Å². The molecule has 0 aliphatic rings. The zero-order chi connectivity index (χ0) is 17.5. The van der Waals surface area contributed by atoms with Crippen LogP contribution in [-0.4, -0.2) is 30.7 Å². The maximum absolute atomic E-state index is 11.4. The number of carboxylic acid groups (broad SMARTS) is 1. The Morgan fingerprint density at radius 3 is 2.58 bits per heavy atom. The van der Waals surface area contributed by atoms with Gasteiger partial charge in [0.2, 0.25) is 5.88 Å². The summed E-state index contributed by atoms with van der Waals surface area (Å²) < 4.78 is 34.0. The van der Waals surface area contributed by atoms with Gasteiger partial charge in [0.05, 0.1) is 15.8 Å². The lowest BCUT2D eigenvalue weighted by Crippen LogP contribution is -1.99. The maximum Gasteiger partial charge on any atom is 0.335 e. The zero-order valence-corrected chi connectivity index (χ0v) is 13.6. The fourth-order valence-corrected chi connectivity index (χ4v) is 2.76. The summed E-state index contributed by atoms with van der Waals surface area (Å²) in [4.78, 5) is 15.2. The molecule has 24 heavy (non-hydrogen) atoms. The number of nitrogens with zero attached hydrogens (tertiary/aromatic N) is 1. The molecular formula is C16H13NO6S. The number of ether oxygens (including phenoxy) is 1. The summed E-state index contributed by atoms with van der Waals surface area (Å²) in [6, 6.07) is 7.28. The first-order valence-electron chi connectivity index (χ1n) is 6.85. The summed E-state index contributed by atoms with van der Waals surface area (Å²) in [6.45, 7) is 1.74. The Balaban J connectivity index is 2.04. The molecule has 1 aromatic carbocycles. The van der Waals surface area contributed by atoms with Crippen LogP contribution in [0.2, 0.25) is 0 Å². The molecule has 0 fully saturated rings. The highest BCUT2D eigenvalue weighted by Gasteiger charge is 2.15. The van der Waals surface area contributed by atoms with Crippen LogP contribution in [-0.2, 0) is 9.84 Å². The number of sulfone groups is 1. The van der Waals surface area contributed by atoms with Gasteiger partial charge in [-0.15, -0.1) is 0 Å². The normalized spacial score (nSPS) is 11.6. The van der Waals surface area contributed by atoms with Gasteiger partial charge in [-0.05, 0) is 31.2 Å². The lowest BCUT2D eigenvalue weighted by Gasteiger charge is -2.07. The number of aryl methyl sites for hydroxylation is 1. The summed E-state index contributed by atoms with van der Waals surface area (Å²) in [5, 5.41) is 9.79. The monoisotopic (exact) mass is 347 g/mol. The predicted octanol–water partition coefficient (Wildman–Crippen LogP) is 3.03. The third kappa shape index (κ3) is 3.09. The molecule has 0 atom stereocenters. The van der Waals surface area contributed by atoms with E-state index in [-0.39, 0.29) is 22.1 Å². The summed E-state index contributed by atoms with van der Waals surface area (Å²) >= 11 is 0. The quantitative estimate of drug-likeness (QED) is 0.773. The summed E-state index contributed by atoms with van der Waals surface area (Å²) in [5.74, 6) is -0.0968. The van der Waals surface area contributed by atoms with Crippen LogP contribution >= 0.6 is 0 Å². The molecule has 2 aromatic heterocycles. The highest BCUT2D eigenvalue weighted by atomic mass is 32.2. The fourth-order valence-electron chi connectivity index (χ4n) is 2.20. The Bertz CT molecular complexity index is 1030. The van der Waals surface area contributed by atoms with Crippen LogP contribution in [0.4, 0.5) is 0 Å². The standard InChI is InChI=1S/C16H13NO6S/c1-9-5-12-13(22-9)6-10(16(18)19)7-14(12)23-15-4-3-11(8-17-15)24(2,20)21/h3-8H,1-2H3,(H,18,19). The van der Waals surface area contributed by atoms with Gasteiger partial charge in [-0.25, -0.2) is 18.2 Å². The molecule has 2 heterocycles. The highest BCUT2D eigenvalue weighted by molar-refractivity contribution is 7.90. The van der Waals surface area contributed by atoms with Crippen molar-refractivity contribution >= 4 is 26.8 Å². The van der Waals surface area contributed by atoms with E-state index in [0.717, 1.165) is 6.26 Å². The van der Waals surface area contributed by atoms with Gasteiger partial charge < -0.3 is 14.3 Å². The highest BCUT2D eigenvalue weighted by Crippen LogP contribution is 2.33. The molecule has 0 unspecified atom stereocenters. The molecule has 124 valence electrons. The van der Waals surface area contributed by atoms with E-state index in [1.165, 1.54) is 30.5 Å². The lowest BCUT2D eigenvalue weighted by atomic mass is 10.1. The molecule has 0 radical (unpaired) electrons. The number of pyridine rings is 1. The van der Waals surface area contributed by atoms with E-state index >= 15 is 0 Å². The Labute approximate surface area is 137 Å². The second kappa shape index (κ2) is 5.64. The first-order chi connectivity index (χ1) is 11.2. The minimum absolute atomic E-state index is 0.0135. The average Bonchev–Trinajstić information content (AvgIpc) is 2.87. The molecule has 1 N–H and O–H groups in total. The summed E-state index contributed by atoms with van der Waals surface area (Å²) in [6.07, 6.45) is 2.27. The van der Waals surface area contributed by atoms with Crippen molar-refractivity contribution in [2.45, 2.75) is 11.8 Å². The molecular weight excluding hydrogens is 334 g/mol. The molecule has 8 heteroatoms. The van der Waals surface area contributed by atoms with Crippen molar-refractivity contribution in [1.82, 2.24) is 4.98 Å². The number of rotatable bonds is 4. The molecule has 0 saturated carbocycles. The average molecular weight is 347 g/mol. The first kappa shape index (κ1) is 16.0. The molecule has 0 bridgehead atoms. The van der Waals surface area contributed by atoms with E-state index < -0.39 is 15.8 Å². The van der Waals surface area contributed by atoms with Gasteiger partial charge in [0.25, 0.3) is 0 Å². The van der Waals surface area contributed by atoms with Crippen molar-refractivity contribution in [1.29, 1.82) is 0 Å². The fraction of sp³-hybridized carbons (Fsp3) is 0.125. The van der Waals surface area contributed by atoms with Crippen molar-refractivity contribution in [2.75, 3.05) is 6.26 Å². The van der Waals surface area contributed by atoms with Crippen molar-refractivity contribution in [3.05, 3.63) is 47.9 Å². The number of hydrogen-bond acceptors (Lipinski definition) is 6. The van der Waals surface area contributed by atoms with Gasteiger partial charge in [0.15, 0.2) is 9.84 Å². The molecule has 0 aliphatic carbocycles. The smallest absolute Gasteiger partial charge is 0.335 e. The van der Waals surface area contributed by atoms with Crippen LogP contribution in [0, 0.1) is 6.92 Å². The molecule has 3 rings (SSSR count). The van der Waals surface area contributed by atoms with Gasteiger partial charge in [0, 0.05) is 18.5 Å². The van der Waals surface area contributed by atoms with Crippen LogP contribution in [0.25, 0.3) is 11.0 Å². The Morgan fingerprint density at radius 2 is 2.00 bits per heavy atom. The lowest BCUT2D eigenvalue weighted by molar-refractivity contribution is 0.0696. The van der Waals surface area contributed by atoms with E-state index in [1.807, 2.05) is 0 Å². The molecule has 0 saturated heterocycles. The number of aromatic nitrogens is 1. The SMILES string of the molecule is Cc1cc2c(Oc3ccc(S(C)(=O)=O)cn3)cc(C(=O)O)cc2o1. The minimum Gasteiger partial charge on any atom is -0.478 e. The third-order valence-electron chi connectivity index (χ3n) is 3.32. The van der Waals surface area contributed by atoms with Crippen LogP contribution in [0.3, 0.4) is 0 Å². The van der Waals surface area contributed by atoms with Gasteiger partial charge in [-0.3, -0.25) is 0 Å².